The first kappa shape index (κ1) is 38.8. The maximum absolute atomic E-state index is 17.1. The first-order valence-electron chi connectivity index (χ1n) is 22.0. The minimum absolute atomic E-state index is 0.00992. The van der Waals surface area contributed by atoms with Crippen LogP contribution in [0.15, 0.2) is 78.9 Å². The van der Waals surface area contributed by atoms with E-state index in [0.29, 0.717) is 0 Å². The molecule has 2 aliphatic carbocycles. The van der Waals surface area contributed by atoms with E-state index in [-0.39, 0.29) is 39.6 Å². The molecule has 0 fully saturated rings. The van der Waals surface area contributed by atoms with Crippen LogP contribution in [0.25, 0.3) is 10.1 Å². The van der Waals surface area contributed by atoms with Gasteiger partial charge in [-0.15, -0.1) is 11.3 Å². The van der Waals surface area contributed by atoms with Crippen LogP contribution in [0.2, 0.25) is 0 Å². The highest BCUT2D eigenvalue weighted by atomic mass is 32.1. The molecule has 5 heteroatoms. The van der Waals surface area contributed by atoms with Gasteiger partial charge >= 0.3 is 0 Å². The van der Waals surface area contributed by atoms with Crippen LogP contribution in [-0.2, 0) is 27.1 Å². The molecule has 3 heterocycles. The fourth-order valence-corrected chi connectivity index (χ4v) is 12.7. The Bertz CT molecular complexity index is 2780. The smallest absolute Gasteiger partial charge is 0.264 e. The molecule has 302 valence electrons. The molecule has 0 saturated carbocycles. The summed E-state index contributed by atoms with van der Waals surface area (Å²) in [6.45, 7) is 30.6. The van der Waals surface area contributed by atoms with Gasteiger partial charge in [0.25, 0.3) is 6.71 Å². The topological polar surface area (TPSA) is 6.48 Å². The summed E-state index contributed by atoms with van der Waals surface area (Å²) < 4.78 is 19.7. The lowest BCUT2D eigenvalue weighted by Crippen LogP contribution is -2.61. The zero-order chi connectivity index (χ0) is 41.9. The zero-order valence-corrected chi connectivity index (χ0v) is 38.4. The molecule has 59 heavy (non-hydrogen) atoms. The maximum Gasteiger partial charge on any atom is 0.264 e. The molecule has 0 spiro atoms. The van der Waals surface area contributed by atoms with E-state index in [1.165, 1.54) is 76.1 Å². The van der Waals surface area contributed by atoms with Crippen molar-refractivity contribution in [3.05, 3.63) is 124 Å². The van der Waals surface area contributed by atoms with Gasteiger partial charge in [0.1, 0.15) is 5.82 Å². The SMILES string of the molecule is Cc1ccc2sc3c(c2c1)N(c1ccc(C(C)(C)C)cc1C)c1cc(F)cc2c1B3c1ccc3c(c1N2c1ccc2c(c1)C(C)(C)CCC2(C)C)C(C)(C)CCC3(C)C. The van der Waals surface area contributed by atoms with Crippen LogP contribution >= 0.6 is 11.3 Å². The van der Waals surface area contributed by atoms with Crippen LogP contribution in [0.3, 0.4) is 0 Å². The number of benzene rings is 5. The average molecular weight is 799 g/mol. The second-order valence-electron chi connectivity index (χ2n) is 22.2. The van der Waals surface area contributed by atoms with Crippen LogP contribution in [0.4, 0.5) is 38.5 Å². The maximum atomic E-state index is 17.1. The third-order valence-corrected chi connectivity index (χ3v) is 16.3. The standard InChI is InChI=1S/C54H60BFN2S/c1-31-14-21-44-36(26-31)47-49(59-44)55-40-19-18-38-45(54(12,13)25-24-52(38,8)9)48(40)57(35-16-17-37-39(30-35)53(10,11)23-22-51(37,6)7)42-28-34(56)29-43(46(42)55)58(47)41-20-15-33(27-32(41)2)50(3,4)5/h14-21,26-30H,22-25H2,1-13H3. The van der Waals surface area contributed by atoms with Crippen molar-refractivity contribution in [2.24, 2.45) is 0 Å². The summed E-state index contributed by atoms with van der Waals surface area (Å²) in [5.74, 6) is -0.206. The molecule has 2 aliphatic heterocycles. The lowest BCUT2D eigenvalue weighted by atomic mass is 9.35. The number of rotatable bonds is 2. The molecule has 10 rings (SSSR count). The van der Waals surface area contributed by atoms with Gasteiger partial charge in [-0.3, -0.25) is 0 Å². The van der Waals surface area contributed by atoms with Gasteiger partial charge in [-0.1, -0.05) is 118 Å². The van der Waals surface area contributed by atoms with Crippen molar-refractivity contribution in [3.63, 3.8) is 0 Å². The zero-order valence-electron chi connectivity index (χ0n) is 37.6. The van der Waals surface area contributed by atoms with E-state index >= 15 is 4.39 Å². The van der Waals surface area contributed by atoms with Gasteiger partial charge in [-0.05, 0) is 153 Å². The van der Waals surface area contributed by atoms with Gasteiger partial charge in [0.05, 0.1) is 5.69 Å². The van der Waals surface area contributed by atoms with Gasteiger partial charge in [0, 0.05) is 43.3 Å². The number of hydrogen-bond acceptors (Lipinski definition) is 3. The molecule has 0 saturated heterocycles. The minimum Gasteiger partial charge on any atom is -0.311 e. The van der Waals surface area contributed by atoms with Gasteiger partial charge < -0.3 is 9.80 Å². The molecule has 2 nitrogen and oxygen atoms in total. The number of anilines is 6. The third-order valence-electron chi connectivity index (χ3n) is 15.1. The number of nitrogens with zero attached hydrogens (tertiary/aromatic N) is 2. The summed E-state index contributed by atoms with van der Waals surface area (Å²) in [5, 5.41) is 1.24. The fourth-order valence-electron chi connectivity index (χ4n) is 11.4. The van der Waals surface area contributed by atoms with E-state index in [1.54, 1.807) is 0 Å². The Labute approximate surface area is 356 Å². The summed E-state index contributed by atoms with van der Waals surface area (Å²) in [6.07, 6.45) is 4.53. The van der Waals surface area contributed by atoms with Crippen molar-refractivity contribution < 1.29 is 4.39 Å². The third kappa shape index (κ3) is 5.62. The average Bonchev–Trinajstić information content (AvgIpc) is 3.53. The fraction of sp³-hybridized carbons (Fsp3) is 0.407. The molecule has 0 radical (unpaired) electrons. The van der Waals surface area contributed by atoms with Crippen LogP contribution < -0.4 is 25.5 Å². The van der Waals surface area contributed by atoms with Crippen molar-refractivity contribution in [2.75, 3.05) is 9.80 Å². The van der Waals surface area contributed by atoms with Crippen molar-refractivity contribution >= 4 is 78.0 Å². The number of halogens is 1. The Morgan fingerprint density at radius 1 is 0.610 bits per heavy atom. The normalized spacial score (nSPS) is 19.2. The lowest BCUT2D eigenvalue weighted by molar-refractivity contribution is 0.331. The highest BCUT2D eigenvalue weighted by Gasteiger charge is 2.50. The number of fused-ring (bicyclic) bond motifs is 9. The largest absolute Gasteiger partial charge is 0.311 e. The Hall–Kier alpha value is -4.35. The van der Waals surface area contributed by atoms with E-state index in [4.69, 9.17) is 0 Å². The van der Waals surface area contributed by atoms with E-state index in [1.807, 2.05) is 23.5 Å². The van der Waals surface area contributed by atoms with Crippen LogP contribution in [0, 0.1) is 19.7 Å². The summed E-state index contributed by atoms with van der Waals surface area (Å²) in [4.78, 5) is 4.95. The molecule has 0 N–H and O–H groups in total. The second kappa shape index (κ2) is 12.4. The highest BCUT2D eigenvalue weighted by molar-refractivity contribution is 7.33. The van der Waals surface area contributed by atoms with E-state index in [9.17, 15) is 0 Å². The number of thiophene rings is 1. The first-order valence-corrected chi connectivity index (χ1v) is 22.8. The van der Waals surface area contributed by atoms with Gasteiger partial charge in [0.2, 0.25) is 0 Å². The van der Waals surface area contributed by atoms with E-state index in [2.05, 4.69) is 167 Å². The van der Waals surface area contributed by atoms with Crippen molar-refractivity contribution in [1.82, 2.24) is 0 Å². The number of hydrogen-bond donors (Lipinski definition) is 0. The monoisotopic (exact) mass is 798 g/mol. The van der Waals surface area contributed by atoms with Crippen molar-refractivity contribution in [2.45, 2.75) is 143 Å². The number of aryl methyl sites for hydroxylation is 2. The summed E-state index contributed by atoms with van der Waals surface area (Å²) in [5.41, 5.74) is 18.6. The Balaban J connectivity index is 1.35. The lowest BCUT2D eigenvalue weighted by Gasteiger charge is -2.49. The van der Waals surface area contributed by atoms with Gasteiger partial charge in [0.15, 0.2) is 0 Å². The molecular weight excluding hydrogens is 738 g/mol. The molecule has 6 aromatic rings. The van der Waals surface area contributed by atoms with E-state index in [0.717, 1.165) is 48.4 Å². The Morgan fingerprint density at radius 2 is 1.24 bits per heavy atom. The Morgan fingerprint density at radius 3 is 1.92 bits per heavy atom. The van der Waals surface area contributed by atoms with Crippen LogP contribution in [0.5, 0.6) is 0 Å². The quantitative estimate of drug-likeness (QED) is 0.161. The molecule has 0 atom stereocenters. The first-order chi connectivity index (χ1) is 27.6. The summed E-state index contributed by atoms with van der Waals surface area (Å²) in [7, 11) is 0. The highest BCUT2D eigenvalue weighted by Crippen LogP contribution is 2.56. The molecule has 1 aromatic heterocycles. The molecule has 5 aromatic carbocycles. The predicted octanol–water partition coefficient (Wildman–Crippen LogP) is 13.7. The van der Waals surface area contributed by atoms with Crippen molar-refractivity contribution in [3.8, 4) is 0 Å². The summed E-state index contributed by atoms with van der Waals surface area (Å²) >= 11 is 1.93. The molecule has 0 bridgehead atoms. The molecule has 0 unspecified atom stereocenters. The van der Waals surface area contributed by atoms with Crippen LogP contribution in [0.1, 0.15) is 141 Å². The second-order valence-corrected chi connectivity index (χ2v) is 23.3. The molecule has 0 amide bonds. The Kier molecular flexibility index (Phi) is 8.14. The van der Waals surface area contributed by atoms with Gasteiger partial charge in [-0.2, -0.15) is 0 Å². The minimum atomic E-state index is -0.206. The predicted molar refractivity (Wildman–Crippen MR) is 255 cm³/mol. The molecule has 4 aliphatic rings. The van der Waals surface area contributed by atoms with Crippen molar-refractivity contribution in [1.29, 1.82) is 0 Å². The molecular formula is C54H60BFN2S. The van der Waals surface area contributed by atoms with E-state index < -0.39 is 0 Å². The van der Waals surface area contributed by atoms with Crippen LogP contribution in [-0.4, -0.2) is 6.71 Å². The van der Waals surface area contributed by atoms with Gasteiger partial charge in [-0.25, -0.2) is 4.39 Å². The summed E-state index contributed by atoms with van der Waals surface area (Å²) in [6, 6.07) is 29.7.